The standard InChI is InChI=1S/C9H11FO2/c1-6(11)7-3-8(10)5-9(4-7)12-2/h3-4,8H,5H2,1-2H3. The van der Waals surface area contributed by atoms with Crippen molar-refractivity contribution < 1.29 is 13.9 Å². The number of ether oxygens (including phenoxy) is 1. The summed E-state index contributed by atoms with van der Waals surface area (Å²) in [6.07, 6.45) is 2.04. The minimum Gasteiger partial charge on any atom is -0.501 e. The molecular formula is C9H11FO2. The molecule has 0 amide bonds. The van der Waals surface area contributed by atoms with Gasteiger partial charge in [-0.3, -0.25) is 4.79 Å². The zero-order chi connectivity index (χ0) is 9.14. The fraction of sp³-hybridized carbons (Fsp3) is 0.444. The van der Waals surface area contributed by atoms with Gasteiger partial charge < -0.3 is 4.74 Å². The Bertz CT molecular complexity index is 253. The van der Waals surface area contributed by atoms with Gasteiger partial charge in [0.15, 0.2) is 5.78 Å². The number of methoxy groups -OCH3 is 1. The van der Waals surface area contributed by atoms with E-state index in [4.69, 9.17) is 4.74 Å². The molecule has 0 radical (unpaired) electrons. The van der Waals surface area contributed by atoms with Crippen molar-refractivity contribution in [2.75, 3.05) is 7.11 Å². The van der Waals surface area contributed by atoms with E-state index in [2.05, 4.69) is 0 Å². The lowest BCUT2D eigenvalue weighted by atomic mass is 10.0. The van der Waals surface area contributed by atoms with Crippen LogP contribution in [0.3, 0.4) is 0 Å². The fourth-order valence-electron chi connectivity index (χ4n) is 1.09. The van der Waals surface area contributed by atoms with E-state index in [0.717, 1.165) is 0 Å². The SMILES string of the molecule is COC1=CC(C(C)=O)=CC(F)C1. The molecule has 0 fully saturated rings. The Morgan fingerprint density at radius 2 is 2.42 bits per heavy atom. The van der Waals surface area contributed by atoms with E-state index in [1.54, 1.807) is 6.08 Å². The molecule has 0 bridgehead atoms. The normalized spacial score (nSPS) is 22.8. The summed E-state index contributed by atoms with van der Waals surface area (Å²) in [5.74, 6) is 0.391. The molecule has 66 valence electrons. The third-order valence-electron chi connectivity index (χ3n) is 1.74. The summed E-state index contributed by atoms with van der Waals surface area (Å²) in [6, 6.07) is 0. The third-order valence-corrected chi connectivity index (χ3v) is 1.74. The van der Waals surface area contributed by atoms with E-state index in [9.17, 15) is 9.18 Å². The Morgan fingerprint density at radius 3 is 2.92 bits per heavy atom. The smallest absolute Gasteiger partial charge is 0.159 e. The quantitative estimate of drug-likeness (QED) is 0.631. The first kappa shape index (κ1) is 8.97. The van der Waals surface area contributed by atoms with Crippen molar-refractivity contribution in [2.24, 2.45) is 0 Å². The predicted octanol–water partition coefficient (Wildman–Crippen LogP) is 1.77. The van der Waals surface area contributed by atoms with Gasteiger partial charge >= 0.3 is 0 Å². The number of rotatable bonds is 2. The molecule has 0 aliphatic heterocycles. The lowest BCUT2D eigenvalue weighted by molar-refractivity contribution is -0.113. The van der Waals surface area contributed by atoms with E-state index < -0.39 is 6.17 Å². The summed E-state index contributed by atoms with van der Waals surface area (Å²) in [6.45, 7) is 1.41. The topological polar surface area (TPSA) is 26.3 Å². The molecule has 1 aliphatic carbocycles. The predicted molar refractivity (Wildman–Crippen MR) is 43.4 cm³/mol. The monoisotopic (exact) mass is 170 g/mol. The molecule has 1 rings (SSSR count). The number of carbonyl (C=O) groups excluding carboxylic acids is 1. The van der Waals surface area contributed by atoms with Gasteiger partial charge in [-0.2, -0.15) is 0 Å². The molecule has 2 nitrogen and oxygen atoms in total. The lowest BCUT2D eigenvalue weighted by Crippen LogP contribution is -2.09. The van der Waals surface area contributed by atoms with Crippen LogP contribution in [0.15, 0.2) is 23.5 Å². The number of hydrogen-bond acceptors (Lipinski definition) is 2. The largest absolute Gasteiger partial charge is 0.501 e. The summed E-state index contributed by atoms with van der Waals surface area (Å²) in [5.41, 5.74) is 0.394. The van der Waals surface area contributed by atoms with E-state index in [1.807, 2.05) is 0 Å². The van der Waals surface area contributed by atoms with Gasteiger partial charge in [-0.05, 0) is 19.1 Å². The molecule has 1 atom stereocenters. The summed E-state index contributed by atoms with van der Waals surface area (Å²) >= 11 is 0. The minimum atomic E-state index is -1.09. The van der Waals surface area contributed by atoms with Gasteiger partial charge in [0.1, 0.15) is 6.17 Å². The van der Waals surface area contributed by atoms with Crippen molar-refractivity contribution in [3.05, 3.63) is 23.5 Å². The molecule has 0 aromatic rings. The highest BCUT2D eigenvalue weighted by molar-refractivity contribution is 5.96. The van der Waals surface area contributed by atoms with Crippen LogP contribution in [0.5, 0.6) is 0 Å². The Morgan fingerprint density at radius 1 is 1.75 bits per heavy atom. The van der Waals surface area contributed by atoms with Crippen molar-refractivity contribution in [3.8, 4) is 0 Å². The second kappa shape index (κ2) is 3.52. The summed E-state index contributed by atoms with van der Waals surface area (Å²) in [7, 11) is 1.47. The Kier molecular flexibility index (Phi) is 2.63. The van der Waals surface area contributed by atoms with Gasteiger partial charge in [0.2, 0.25) is 0 Å². The molecule has 0 aromatic carbocycles. The van der Waals surface area contributed by atoms with Crippen LogP contribution in [0.2, 0.25) is 0 Å². The van der Waals surface area contributed by atoms with Crippen LogP contribution in [0.25, 0.3) is 0 Å². The van der Waals surface area contributed by atoms with Crippen molar-refractivity contribution in [1.82, 2.24) is 0 Å². The van der Waals surface area contributed by atoms with Crippen LogP contribution < -0.4 is 0 Å². The zero-order valence-corrected chi connectivity index (χ0v) is 7.13. The average molecular weight is 170 g/mol. The van der Waals surface area contributed by atoms with E-state index in [0.29, 0.717) is 11.3 Å². The Hall–Kier alpha value is -1.12. The second-order valence-corrected chi connectivity index (χ2v) is 2.71. The van der Waals surface area contributed by atoms with Crippen molar-refractivity contribution in [2.45, 2.75) is 19.5 Å². The minimum absolute atomic E-state index is 0.132. The number of allylic oxidation sites excluding steroid dienone is 4. The molecule has 1 aliphatic rings. The van der Waals surface area contributed by atoms with E-state index >= 15 is 0 Å². The summed E-state index contributed by atoms with van der Waals surface area (Å²) in [5, 5.41) is 0. The van der Waals surface area contributed by atoms with Crippen LogP contribution in [0.1, 0.15) is 13.3 Å². The highest BCUT2D eigenvalue weighted by Gasteiger charge is 2.16. The number of Topliss-reactive ketones (excluding diaryl/α,β-unsaturated/α-hetero) is 1. The number of halogens is 1. The van der Waals surface area contributed by atoms with Crippen molar-refractivity contribution >= 4 is 5.78 Å². The van der Waals surface area contributed by atoms with Crippen LogP contribution in [-0.4, -0.2) is 19.1 Å². The molecule has 0 aromatic heterocycles. The van der Waals surface area contributed by atoms with Crippen molar-refractivity contribution in [1.29, 1.82) is 0 Å². The number of alkyl halides is 1. The summed E-state index contributed by atoms with van der Waals surface area (Å²) in [4.78, 5) is 10.9. The zero-order valence-electron chi connectivity index (χ0n) is 7.13. The highest BCUT2D eigenvalue weighted by Crippen LogP contribution is 2.20. The molecule has 0 saturated heterocycles. The number of hydrogen-bond donors (Lipinski definition) is 0. The van der Waals surface area contributed by atoms with Crippen molar-refractivity contribution in [3.63, 3.8) is 0 Å². The first-order valence-electron chi connectivity index (χ1n) is 3.75. The Labute approximate surface area is 70.7 Å². The van der Waals surface area contributed by atoms with Gasteiger partial charge in [0, 0.05) is 12.0 Å². The molecule has 1 unspecified atom stereocenters. The van der Waals surface area contributed by atoms with Crippen LogP contribution in [-0.2, 0) is 9.53 Å². The maximum Gasteiger partial charge on any atom is 0.159 e. The average Bonchev–Trinajstić information content (AvgIpc) is 2.03. The third kappa shape index (κ3) is 1.94. The first-order chi connectivity index (χ1) is 5.63. The number of ketones is 1. The van der Waals surface area contributed by atoms with Gasteiger partial charge in [-0.15, -0.1) is 0 Å². The lowest BCUT2D eigenvalue weighted by Gasteiger charge is -2.13. The maximum absolute atomic E-state index is 12.9. The first-order valence-corrected chi connectivity index (χ1v) is 3.75. The van der Waals surface area contributed by atoms with Gasteiger partial charge in [0.05, 0.1) is 12.9 Å². The van der Waals surface area contributed by atoms with Crippen LogP contribution >= 0.6 is 0 Å². The number of carbonyl (C=O) groups is 1. The molecule has 12 heavy (non-hydrogen) atoms. The maximum atomic E-state index is 12.9. The van der Waals surface area contributed by atoms with Gasteiger partial charge in [0.25, 0.3) is 0 Å². The van der Waals surface area contributed by atoms with E-state index in [1.165, 1.54) is 20.1 Å². The highest BCUT2D eigenvalue weighted by atomic mass is 19.1. The molecule has 0 N–H and O–H groups in total. The van der Waals surface area contributed by atoms with Gasteiger partial charge in [-0.25, -0.2) is 4.39 Å². The summed E-state index contributed by atoms with van der Waals surface area (Å²) < 4.78 is 17.8. The van der Waals surface area contributed by atoms with Crippen LogP contribution in [0.4, 0.5) is 4.39 Å². The van der Waals surface area contributed by atoms with Crippen LogP contribution in [0, 0.1) is 0 Å². The molecular weight excluding hydrogens is 159 g/mol. The molecule has 0 heterocycles. The van der Waals surface area contributed by atoms with E-state index in [-0.39, 0.29) is 12.2 Å². The molecule has 0 saturated carbocycles. The second-order valence-electron chi connectivity index (χ2n) is 2.71. The molecule has 3 heteroatoms. The Balaban J connectivity index is 2.86. The fourth-order valence-corrected chi connectivity index (χ4v) is 1.09. The molecule has 0 spiro atoms. The van der Waals surface area contributed by atoms with Gasteiger partial charge in [-0.1, -0.05) is 0 Å².